The lowest BCUT2D eigenvalue weighted by molar-refractivity contribution is -0.121. The van der Waals surface area contributed by atoms with Gasteiger partial charge in [-0.15, -0.1) is 0 Å². The van der Waals surface area contributed by atoms with E-state index in [0.717, 1.165) is 6.42 Å². The summed E-state index contributed by atoms with van der Waals surface area (Å²) in [5.74, 6) is 1.000. The van der Waals surface area contributed by atoms with Crippen LogP contribution in [0.5, 0.6) is 0 Å². The number of piperazine rings is 1. The van der Waals surface area contributed by atoms with Crippen molar-refractivity contribution in [1.82, 2.24) is 20.8 Å². The molecule has 0 bridgehead atoms. The summed E-state index contributed by atoms with van der Waals surface area (Å²) in [6, 6.07) is -0.111. The van der Waals surface area contributed by atoms with E-state index in [-0.39, 0.29) is 18.5 Å². The molecule has 1 unspecified atom stereocenters. The summed E-state index contributed by atoms with van der Waals surface area (Å²) < 4.78 is 10.4. The molecular weight excluding hydrogens is 224 g/mol. The summed E-state index contributed by atoms with van der Waals surface area (Å²) in [6.07, 6.45) is 0.959. The fraction of sp³-hybridized carbons (Fsp3) is 0.700. The minimum absolute atomic E-state index is 0.0210. The number of amides is 1. The average molecular weight is 240 g/mol. The summed E-state index contributed by atoms with van der Waals surface area (Å²) in [7, 11) is 0. The quantitative estimate of drug-likeness (QED) is 0.690. The molecule has 2 heterocycles. The summed E-state index contributed by atoms with van der Waals surface area (Å²) in [5, 5.41) is 9.57. The van der Waals surface area contributed by atoms with Crippen molar-refractivity contribution in [3.63, 3.8) is 0 Å². The number of carbonyl (C=O) groups excluding carboxylic acids is 1. The molecule has 1 saturated heterocycles. The van der Waals surface area contributed by atoms with Crippen molar-refractivity contribution in [2.24, 2.45) is 0 Å². The van der Waals surface area contributed by atoms with Crippen molar-refractivity contribution < 1.29 is 14.1 Å². The van der Waals surface area contributed by atoms with Gasteiger partial charge in [-0.1, -0.05) is 12.1 Å². The summed E-state index contributed by atoms with van der Waals surface area (Å²) in [5.41, 5.74) is 0. The molecule has 1 aliphatic heterocycles. The number of ether oxygens (including phenoxy) is 1. The zero-order chi connectivity index (χ0) is 12.1. The highest BCUT2D eigenvalue weighted by Gasteiger charge is 2.23. The Kier molecular flexibility index (Phi) is 4.05. The van der Waals surface area contributed by atoms with Crippen molar-refractivity contribution in [3.8, 4) is 0 Å². The van der Waals surface area contributed by atoms with Gasteiger partial charge in [-0.2, -0.15) is 4.98 Å². The maximum Gasteiger partial charge on any atom is 0.245 e. The topological polar surface area (TPSA) is 89.3 Å². The minimum atomic E-state index is -0.111. The Hall–Kier alpha value is -1.47. The monoisotopic (exact) mass is 240 g/mol. The first-order valence-electron chi connectivity index (χ1n) is 5.70. The number of nitrogens with one attached hydrogen (secondary N) is 2. The first-order valence-corrected chi connectivity index (χ1v) is 5.70. The molecule has 17 heavy (non-hydrogen) atoms. The Morgan fingerprint density at radius 3 is 3.18 bits per heavy atom. The SMILES string of the molecule is CCCOCc1noc(C2CNC(=O)CN2)n1. The minimum Gasteiger partial charge on any atom is -0.373 e. The molecule has 1 fully saturated rings. The van der Waals surface area contributed by atoms with Gasteiger partial charge in [0.05, 0.1) is 6.54 Å². The summed E-state index contributed by atoms with van der Waals surface area (Å²) >= 11 is 0. The third-order valence-corrected chi connectivity index (χ3v) is 2.37. The molecule has 2 rings (SSSR count). The molecule has 0 aliphatic carbocycles. The van der Waals surface area contributed by atoms with Crippen LogP contribution in [-0.4, -0.2) is 35.7 Å². The molecule has 1 aliphatic rings. The molecule has 0 radical (unpaired) electrons. The Labute approximate surface area is 98.9 Å². The van der Waals surface area contributed by atoms with Gasteiger partial charge in [0.15, 0.2) is 5.82 Å². The van der Waals surface area contributed by atoms with E-state index in [1.165, 1.54) is 0 Å². The van der Waals surface area contributed by atoms with Gasteiger partial charge < -0.3 is 14.6 Å². The third kappa shape index (κ3) is 3.24. The second-order valence-electron chi connectivity index (χ2n) is 3.84. The molecule has 1 aromatic heterocycles. The fourth-order valence-corrected chi connectivity index (χ4v) is 1.52. The van der Waals surface area contributed by atoms with Gasteiger partial charge in [-0.25, -0.2) is 0 Å². The van der Waals surface area contributed by atoms with Gasteiger partial charge in [-0.3, -0.25) is 10.1 Å². The molecule has 0 saturated carbocycles. The van der Waals surface area contributed by atoms with Crippen LogP contribution in [0.3, 0.4) is 0 Å². The zero-order valence-electron chi connectivity index (χ0n) is 9.73. The fourth-order valence-electron chi connectivity index (χ4n) is 1.52. The zero-order valence-corrected chi connectivity index (χ0v) is 9.73. The molecule has 1 aromatic rings. The van der Waals surface area contributed by atoms with E-state index >= 15 is 0 Å². The highest BCUT2D eigenvalue weighted by atomic mass is 16.5. The highest BCUT2D eigenvalue weighted by Crippen LogP contribution is 2.11. The van der Waals surface area contributed by atoms with Crippen LogP contribution in [0.4, 0.5) is 0 Å². The maximum atomic E-state index is 11.0. The van der Waals surface area contributed by atoms with E-state index < -0.39 is 0 Å². The van der Waals surface area contributed by atoms with Crippen molar-refractivity contribution in [2.75, 3.05) is 19.7 Å². The number of nitrogens with zero attached hydrogens (tertiary/aromatic N) is 2. The summed E-state index contributed by atoms with van der Waals surface area (Å²) in [6.45, 7) is 3.82. The lowest BCUT2D eigenvalue weighted by Crippen LogP contribution is -2.47. The first kappa shape index (κ1) is 12.0. The smallest absolute Gasteiger partial charge is 0.245 e. The van der Waals surface area contributed by atoms with Gasteiger partial charge in [0.1, 0.15) is 12.6 Å². The largest absolute Gasteiger partial charge is 0.373 e. The van der Waals surface area contributed by atoms with Crippen LogP contribution in [0.1, 0.15) is 31.1 Å². The van der Waals surface area contributed by atoms with Crippen LogP contribution in [0.2, 0.25) is 0 Å². The normalized spacial score (nSPS) is 20.3. The number of hydrogen-bond acceptors (Lipinski definition) is 6. The number of hydrogen-bond donors (Lipinski definition) is 2. The highest BCUT2D eigenvalue weighted by molar-refractivity contribution is 5.78. The van der Waals surface area contributed by atoms with E-state index in [1.807, 2.05) is 6.92 Å². The van der Waals surface area contributed by atoms with Crippen LogP contribution in [0.15, 0.2) is 4.52 Å². The second-order valence-corrected chi connectivity index (χ2v) is 3.84. The van der Waals surface area contributed by atoms with Crippen molar-refractivity contribution in [3.05, 3.63) is 11.7 Å². The van der Waals surface area contributed by atoms with Crippen molar-refractivity contribution >= 4 is 5.91 Å². The van der Waals surface area contributed by atoms with E-state index in [0.29, 0.717) is 31.5 Å². The predicted molar refractivity (Wildman–Crippen MR) is 58.0 cm³/mol. The van der Waals surface area contributed by atoms with Crippen LogP contribution in [0.25, 0.3) is 0 Å². The molecule has 1 amide bonds. The predicted octanol–water partition coefficient (Wildman–Crippen LogP) is -0.243. The van der Waals surface area contributed by atoms with E-state index in [1.54, 1.807) is 0 Å². The number of carbonyl (C=O) groups is 1. The molecule has 7 nitrogen and oxygen atoms in total. The van der Waals surface area contributed by atoms with E-state index in [2.05, 4.69) is 20.8 Å². The van der Waals surface area contributed by atoms with E-state index in [4.69, 9.17) is 9.26 Å². The number of aromatic nitrogens is 2. The summed E-state index contributed by atoms with van der Waals surface area (Å²) in [4.78, 5) is 15.2. The molecule has 0 aromatic carbocycles. The van der Waals surface area contributed by atoms with Crippen molar-refractivity contribution in [1.29, 1.82) is 0 Å². The third-order valence-electron chi connectivity index (χ3n) is 2.37. The van der Waals surface area contributed by atoms with Gasteiger partial charge in [0, 0.05) is 13.2 Å². The van der Waals surface area contributed by atoms with Crippen molar-refractivity contribution in [2.45, 2.75) is 26.0 Å². The van der Waals surface area contributed by atoms with Gasteiger partial charge in [0.25, 0.3) is 0 Å². The second kappa shape index (κ2) is 5.74. The van der Waals surface area contributed by atoms with Gasteiger partial charge in [-0.05, 0) is 6.42 Å². The number of rotatable bonds is 5. The van der Waals surface area contributed by atoms with Crippen LogP contribution >= 0.6 is 0 Å². The molecule has 0 spiro atoms. The van der Waals surface area contributed by atoms with Crippen LogP contribution in [-0.2, 0) is 16.1 Å². The Morgan fingerprint density at radius 1 is 1.59 bits per heavy atom. The lowest BCUT2D eigenvalue weighted by atomic mass is 10.2. The molecule has 7 heteroatoms. The molecule has 2 N–H and O–H groups in total. The lowest BCUT2D eigenvalue weighted by Gasteiger charge is -2.20. The molecular formula is C10H16N4O3. The van der Waals surface area contributed by atoms with E-state index in [9.17, 15) is 4.79 Å². The van der Waals surface area contributed by atoms with Crippen LogP contribution in [0, 0.1) is 0 Å². The van der Waals surface area contributed by atoms with Gasteiger partial charge in [0.2, 0.25) is 11.8 Å². The van der Waals surface area contributed by atoms with Gasteiger partial charge >= 0.3 is 0 Å². The maximum absolute atomic E-state index is 11.0. The molecule has 94 valence electrons. The van der Waals surface area contributed by atoms with Crippen LogP contribution < -0.4 is 10.6 Å². The Balaban J connectivity index is 1.87. The standard InChI is InChI=1S/C10H16N4O3/c1-2-3-16-6-8-13-10(17-14-8)7-4-12-9(15)5-11-7/h7,11H,2-6H2,1H3,(H,12,15). The average Bonchev–Trinajstić information content (AvgIpc) is 2.79. The Morgan fingerprint density at radius 2 is 2.47 bits per heavy atom. The first-order chi connectivity index (χ1) is 8.29. The molecule has 1 atom stereocenters. The Bertz CT molecular complexity index is 369.